The van der Waals surface area contributed by atoms with E-state index in [0.29, 0.717) is 30.9 Å². The summed E-state index contributed by atoms with van der Waals surface area (Å²) in [6.45, 7) is 10.3. The number of esters is 1. The maximum absolute atomic E-state index is 12.2. The lowest BCUT2D eigenvalue weighted by molar-refractivity contribution is -0.112. The minimum atomic E-state index is -0.537. The van der Waals surface area contributed by atoms with Crippen molar-refractivity contribution in [1.82, 2.24) is 4.90 Å². The van der Waals surface area contributed by atoms with Crippen molar-refractivity contribution in [3.05, 3.63) is 66.9 Å². The Labute approximate surface area is 147 Å². The highest BCUT2D eigenvalue weighted by atomic mass is 16.5. The Bertz CT molecular complexity index is 690. The number of benzene rings is 1. The van der Waals surface area contributed by atoms with E-state index in [1.807, 2.05) is 6.07 Å². The molecule has 1 rings (SSSR count). The van der Waals surface area contributed by atoms with Crippen LogP contribution in [-0.2, 0) is 9.53 Å². The topological polar surface area (TPSA) is 82.4 Å². The Balaban J connectivity index is 2.84. The Morgan fingerprint density at radius 3 is 2.32 bits per heavy atom. The van der Waals surface area contributed by atoms with Crippen LogP contribution in [0, 0.1) is 11.3 Å². The quantitative estimate of drug-likeness (QED) is 0.324. The first-order valence-corrected chi connectivity index (χ1v) is 7.72. The second-order valence-electron chi connectivity index (χ2n) is 4.94. The van der Waals surface area contributed by atoms with Crippen LogP contribution >= 0.6 is 0 Å². The van der Waals surface area contributed by atoms with Crippen molar-refractivity contribution in [3.8, 4) is 6.07 Å². The molecule has 0 spiro atoms. The molecule has 0 radical (unpaired) electrons. The number of nitrogens with one attached hydrogen (secondary N) is 1. The molecule has 0 atom stereocenters. The molecule has 0 aliphatic heterocycles. The Morgan fingerprint density at radius 1 is 1.24 bits per heavy atom. The summed E-state index contributed by atoms with van der Waals surface area (Å²) in [6, 6.07) is 8.12. The molecule has 1 N–H and O–H groups in total. The van der Waals surface area contributed by atoms with Crippen molar-refractivity contribution in [2.24, 2.45) is 0 Å². The number of carbonyl (C=O) groups is 2. The van der Waals surface area contributed by atoms with Crippen LogP contribution in [0.25, 0.3) is 0 Å². The van der Waals surface area contributed by atoms with Gasteiger partial charge in [-0.15, -0.1) is 13.2 Å². The summed E-state index contributed by atoms with van der Waals surface area (Å²) in [6.07, 6.45) is 4.80. The van der Waals surface area contributed by atoms with Gasteiger partial charge in [-0.2, -0.15) is 5.26 Å². The summed E-state index contributed by atoms with van der Waals surface area (Å²) >= 11 is 0. The third-order valence-electron chi connectivity index (χ3n) is 3.06. The number of amides is 1. The molecule has 0 saturated heterocycles. The van der Waals surface area contributed by atoms with Crippen LogP contribution in [0.1, 0.15) is 17.3 Å². The first kappa shape index (κ1) is 19.7. The zero-order valence-electron chi connectivity index (χ0n) is 14.2. The molecule has 1 amide bonds. The van der Waals surface area contributed by atoms with Gasteiger partial charge in [0, 0.05) is 25.0 Å². The smallest absolute Gasteiger partial charge is 0.338 e. The maximum atomic E-state index is 12.2. The van der Waals surface area contributed by atoms with E-state index in [-0.39, 0.29) is 5.57 Å². The first-order chi connectivity index (χ1) is 12.0. The second kappa shape index (κ2) is 10.4. The van der Waals surface area contributed by atoms with Gasteiger partial charge in [-0.3, -0.25) is 4.79 Å². The largest absolute Gasteiger partial charge is 0.462 e. The van der Waals surface area contributed by atoms with Gasteiger partial charge in [-0.25, -0.2) is 4.79 Å². The number of ether oxygens (including phenoxy) is 1. The number of nitriles is 1. The predicted molar refractivity (Wildman–Crippen MR) is 96.7 cm³/mol. The number of hydrogen-bond acceptors (Lipinski definition) is 5. The number of nitrogens with zero attached hydrogens (tertiary/aromatic N) is 2. The van der Waals surface area contributed by atoms with Gasteiger partial charge >= 0.3 is 5.97 Å². The summed E-state index contributed by atoms with van der Waals surface area (Å²) < 4.78 is 4.89. The van der Waals surface area contributed by atoms with E-state index >= 15 is 0 Å². The fourth-order valence-electron chi connectivity index (χ4n) is 1.93. The van der Waals surface area contributed by atoms with E-state index < -0.39 is 11.9 Å². The highest BCUT2D eigenvalue weighted by Crippen LogP contribution is 2.12. The van der Waals surface area contributed by atoms with Crippen molar-refractivity contribution >= 4 is 17.6 Å². The number of anilines is 1. The summed E-state index contributed by atoms with van der Waals surface area (Å²) in [5.41, 5.74) is 0.815. The Hall–Kier alpha value is -3.33. The number of hydrogen-bond donors (Lipinski definition) is 1. The van der Waals surface area contributed by atoms with E-state index in [1.165, 1.54) is 6.20 Å². The number of carbonyl (C=O) groups excluding carboxylic acids is 2. The minimum Gasteiger partial charge on any atom is -0.462 e. The van der Waals surface area contributed by atoms with Crippen LogP contribution in [0.3, 0.4) is 0 Å². The fourth-order valence-corrected chi connectivity index (χ4v) is 1.93. The third kappa shape index (κ3) is 6.36. The highest BCUT2D eigenvalue weighted by molar-refractivity contribution is 6.06. The third-order valence-corrected chi connectivity index (χ3v) is 3.06. The summed E-state index contributed by atoms with van der Waals surface area (Å²) in [7, 11) is 0. The van der Waals surface area contributed by atoms with Gasteiger partial charge in [-0.05, 0) is 31.2 Å². The van der Waals surface area contributed by atoms with Gasteiger partial charge in [0.25, 0.3) is 5.91 Å². The van der Waals surface area contributed by atoms with Crippen LogP contribution in [0.15, 0.2) is 61.3 Å². The molecule has 0 saturated carbocycles. The van der Waals surface area contributed by atoms with Gasteiger partial charge in [0.15, 0.2) is 0 Å². The van der Waals surface area contributed by atoms with E-state index in [4.69, 9.17) is 4.74 Å². The normalized spacial score (nSPS) is 10.3. The van der Waals surface area contributed by atoms with Crippen molar-refractivity contribution in [1.29, 1.82) is 5.26 Å². The van der Waals surface area contributed by atoms with Crippen molar-refractivity contribution in [2.45, 2.75) is 6.92 Å². The molecule has 1 aromatic carbocycles. The second-order valence-corrected chi connectivity index (χ2v) is 4.94. The lowest BCUT2D eigenvalue weighted by atomic mass is 10.2. The number of rotatable bonds is 9. The molecule has 0 heterocycles. The van der Waals surface area contributed by atoms with Gasteiger partial charge in [0.1, 0.15) is 11.6 Å². The summed E-state index contributed by atoms with van der Waals surface area (Å²) in [5, 5.41) is 11.8. The molecule has 1 aromatic rings. The van der Waals surface area contributed by atoms with E-state index in [1.54, 1.807) is 48.2 Å². The molecule has 0 fully saturated rings. The highest BCUT2D eigenvalue weighted by Gasteiger charge is 2.12. The molecular formula is C19H21N3O3. The molecule has 25 heavy (non-hydrogen) atoms. The first-order valence-electron chi connectivity index (χ1n) is 7.72. The molecule has 0 aliphatic carbocycles. The van der Waals surface area contributed by atoms with E-state index in [0.717, 1.165) is 0 Å². The Kier molecular flexibility index (Phi) is 8.24. The monoisotopic (exact) mass is 339 g/mol. The van der Waals surface area contributed by atoms with Crippen molar-refractivity contribution in [3.63, 3.8) is 0 Å². The van der Waals surface area contributed by atoms with Gasteiger partial charge < -0.3 is 15.0 Å². The standard InChI is InChI=1S/C19H21N3O3/c1-4-11-22(12-5-2)14-16(13-20)18(23)21-17-9-7-15(8-10-17)19(24)25-6-3/h4-5,7-10,14H,1-2,6,11-12H2,3H3,(H,21,23)/b16-14-. The summed E-state index contributed by atoms with van der Waals surface area (Å²) in [5.74, 6) is -0.966. The van der Waals surface area contributed by atoms with Gasteiger partial charge in [0.05, 0.1) is 12.2 Å². The molecule has 0 unspecified atom stereocenters. The fraction of sp³-hybridized carbons (Fsp3) is 0.211. The van der Waals surface area contributed by atoms with E-state index in [2.05, 4.69) is 18.5 Å². The Morgan fingerprint density at radius 2 is 1.84 bits per heavy atom. The van der Waals surface area contributed by atoms with Gasteiger partial charge in [-0.1, -0.05) is 12.2 Å². The molecule has 0 aromatic heterocycles. The molecule has 6 nitrogen and oxygen atoms in total. The molecule has 6 heteroatoms. The van der Waals surface area contributed by atoms with Crippen LogP contribution < -0.4 is 5.32 Å². The molecule has 0 bridgehead atoms. The average molecular weight is 339 g/mol. The van der Waals surface area contributed by atoms with Crippen LogP contribution in [0.4, 0.5) is 5.69 Å². The lowest BCUT2D eigenvalue weighted by Gasteiger charge is -2.16. The van der Waals surface area contributed by atoms with Crippen LogP contribution in [-0.4, -0.2) is 36.5 Å². The molecular weight excluding hydrogens is 318 g/mol. The van der Waals surface area contributed by atoms with E-state index in [9.17, 15) is 14.9 Å². The van der Waals surface area contributed by atoms with Crippen molar-refractivity contribution < 1.29 is 14.3 Å². The van der Waals surface area contributed by atoms with Gasteiger partial charge in [0.2, 0.25) is 0 Å². The molecule has 0 aliphatic rings. The lowest BCUT2D eigenvalue weighted by Crippen LogP contribution is -2.21. The minimum absolute atomic E-state index is 0.0434. The van der Waals surface area contributed by atoms with Crippen LogP contribution in [0.2, 0.25) is 0 Å². The average Bonchev–Trinajstić information content (AvgIpc) is 2.60. The maximum Gasteiger partial charge on any atom is 0.338 e. The molecule has 130 valence electrons. The zero-order valence-corrected chi connectivity index (χ0v) is 14.2. The summed E-state index contributed by atoms with van der Waals surface area (Å²) in [4.78, 5) is 25.6. The predicted octanol–water partition coefficient (Wildman–Crippen LogP) is 2.88. The SMILES string of the molecule is C=CCN(/C=C(/C#N)C(=O)Nc1ccc(C(=O)OCC)cc1)CC=C. The van der Waals surface area contributed by atoms with Crippen LogP contribution in [0.5, 0.6) is 0 Å². The van der Waals surface area contributed by atoms with Crippen molar-refractivity contribution in [2.75, 3.05) is 25.0 Å². The zero-order chi connectivity index (χ0) is 18.7.